The summed E-state index contributed by atoms with van der Waals surface area (Å²) in [6, 6.07) is 0. The molecule has 4 heavy (non-hydrogen) atoms. The monoisotopic (exact) mass is 204 g/mol. The van der Waals surface area contributed by atoms with Crippen molar-refractivity contribution in [3.05, 3.63) is 0 Å². The van der Waals surface area contributed by atoms with Gasteiger partial charge in [-0.25, -0.2) is 0 Å². The van der Waals surface area contributed by atoms with E-state index in [1.807, 2.05) is 22.6 Å². The van der Waals surface area contributed by atoms with E-state index in [0.29, 0.717) is 0 Å². The lowest BCUT2D eigenvalue weighted by atomic mass is 11.9. The van der Waals surface area contributed by atoms with Crippen LogP contribution in [0.2, 0.25) is 0 Å². The number of thiocarbonyl (C=S) groups is 1. The van der Waals surface area contributed by atoms with Gasteiger partial charge in [0.05, 0.1) is 2.61 Å². The maximum atomic E-state index is 4.49. The van der Waals surface area contributed by atoms with Crippen LogP contribution in [0.4, 0.5) is 0 Å². The second-order valence-electron chi connectivity index (χ2n) is 0.304. The first kappa shape index (κ1) is 5.25. The quantitative estimate of drug-likeness (QED) is 0.250. The van der Waals surface area contributed by atoms with Crippen molar-refractivity contribution < 1.29 is 0 Å². The summed E-state index contributed by atoms with van der Waals surface area (Å²) in [6.45, 7) is 0. The van der Waals surface area contributed by atoms with E-state index < -0.39 is 0 Å². The summed E-state index contributed by atoms with van der Waals surface area (Å²) in [5.74, 6) is 0. The van der Waals surface area contributed by atoms with Crippen LogP contribution in [0.5, 0.6) is 0 Å². The van der Waals surface area contributed by atoms with E-state index >= 15 is 0 Å². The van der Waals surface area contributed by atoms with Crippen molar-refractivity contribution in [2.24, 2.45) is 0 Å². The highest BCUT2D eigenvalue weighted by Gasteiger charge is 1.59. The maximum absolute atomic E-state index is 4.49. The summed E-state index contributed by atoms with van der Waals surface area (Å²) in [6.07, 6.45) is 0. The van der Waals surface area contributed by atoms with E-state index in [9.17, 15) is 0 Å². The Kier molecular flexibility index (Phi) is 3.26. The molecule has 0 N–H and O–H groups in total. The zero-order valence-electron chi connectivity index (χ0n) is 1.86. The highest BCUT2D eigenvalue weighted by atomic mass is 127. The van der Waals surface area contributed by atoms with Crippen molar-refractivity contribution in [3.63, 3.8) is 0 Å². The molecule has 0 aromatic heterocycles. The average molecular weight is 204 g/mol. The van der Waals surface area contributed by atoms with Crippen LogP contribution in [0, 0.1) is 0 Å². The standard InChI is InChI=1S/CH2IPS/c2-1(3)4/h3H2. The summed E-state index contributed by atoms with van der Waals surface area (Å²) in [5.41, 5.74) is 0. The number of hydrogen-bond acceptors (Lipinski definition) is 1. The van der Waals surface area contributed by atoms with Gasteiger partial charge < -0.3 is 0 Å². The van der Waals surface area contributed by atoms with Gasteiger partial charge >= 0.3 is 0 Å². The molecule has 0 aliphatic heterocycles. The van der Waals surface area contributed by atoms with Gasteiger partial charge in [-0.1, -0.05) is 21.5 Å². The first-order valence-electron chi connectivity index (χ1n) is 0.682. The Balaban J connectivity index is 2.80. The average Bonchev–Trinajstić information content (AvgIpc) is 0.811. The smallest absolute Gasteiger partial charge is 0.0700 e. The molecule has 0 spiro atoms. The minimum atomic E-state index is 0.887. The minimum absolute atomic E-state index is 0.887. The predicted octanol–water partition coefficient (Wildman–Crippen LogP) is 1.58. The van der Waals surface area contributed by atoms with Crippen LogP contribution in [-0.4, -0.2) is 2.61 Å². The summed E-state index contributed by atoms with van der Waals surface area (Å²) in [5, 5.41) is 0. The Morgan fingerprint density at radius 3 is 2.00 bits per heavy atom. The third-order valence-corrected chi connectivity index (χ3v) is 0. The van der Waals surface area contributed by atoms with Gasteiger partial charge in [-0.2, -0.15) is 0 Å². The Labute approximate surface area is 46.7 Å². The molecule has 0 saturated carbocycles. The fourth-order valence-electron chi connectivity index (χ4n) is 0. The van der Waals surface area contributed by atoms with Crippen molar-refractivity contribution >= 4 is 46.7 Å². The predicted molar refractivity (Wildman–Crippen MR) is 36.3 cm³/mol. The van der Waals surface area contributed by atoms with Gasteiger partial charge in [0.25, 0.3) is 0 Å². The summed E-state index contributed by atoms with van der Waals surface area (Å²) in [4.78, 5) is 0. The molecular weight excluding hydrogens is 202 g/mol. The molecule has 3 heteroatoms. The molecule has 0 fully saturated rings. The van der Waals surface area contributed by atoms with Gasteiger partial charge in [-0.05, 0) is 22.6 Å². The fourth-order valence-corrected chi connectivity index (χ4v) is 0. The fraction of sp³-hybridized carbons (Fsp3) is 0. The molecular formula is CH2IPS. The zero-order valence-corrected chi connectivity index (χ0v) is 5.99. The van der Waals surface area contributed by atoms with Crippen molar-refractivity contribution in [2.45, 2.75) is 0 Å². The SMILES string of the molecule is PC(=S)I. The molecule has 0 aliphatic rings. The molecule has 0 aliphatic carbocycles. The molecule has 0 amide bonds. The summed E-state index contributed by atoms with van der Waals surface area (Å²) < 4.78 is 0.887. The minimum Gasteiger partial charge on any atom is -0.0868 e. The first-order valence-corrected chi connectivity index (χ1v) is 2.75. The summed E-state index contributed by atoms with van der Waals surface area (Å²) >= 11 is 6.52. The third-order valence-electron chi connectivity index (χ3n) is 0. The van der Waals surface area contributed by atoms with E-state index in [-0.39, 0.29) is 0 Å². The number of rotatable bonds is 0. The highest BCUT2D eigenvalue weighted by molar-refractivity contribution is 14.1. The van der Waals surface area contributed by atoms with Crippen molar-refractivity contribution in [1.29, 1.82) is 0 Å². The van der Waals surface area contributed by atoms with Gasteiger partial charge in [0.2, 0.25) is 0 Å². The second-order valence-corrected chi connectivity index (χ2v) is 4.81. The Hall–Kier alpha value is 1.25. The van der Waals surface area contributed by atoms with Crippen LogP contribution in [0.15, 0.2) is 0 Å². The van der Waals surface area contributed by atoms with Crippen LogP contribution >= 0.6 is 44.0 Å². The van der Waals surface area contributed by atoms with Crippen LogP contribution in [-0.2, 0) is 0 Å². The van der Waals surface area contributed by atoms with Gasteiger partial charge in [-0.15, -0.1) is 0 Å². The Bertz CT molecular complexity index is 31.0. The first-order chi connectivity index (χ1) is 1.73. The van der Waals surface area contributed by atoms with Crippen LogP contribution < -0.4 is 0 Å². The van der Waals surface area contributed by atoms with E-state index in [1.54, 1.807) is 0 Å². The van der Waals surface area contributed by atoms with E-state index in [0.717, 1.165) is 2.61 Å². The molecule has 0 aromatic carbocycles. The van der Waals surface area contributed by atoms with Gasteiger partial charge in [0, 0.05) is 0 Å². The van der Waals surface area contributed by atoms with Crippen molar-refractivity contribution in [1.82, 2.24) is 0 Å². The summed E-state index contributed by atoms with van der Waals surface area (Å²) in [7, 11) is 2.38. The van der Waals surface area contributed by atoms with Crippen LogP contribution in [0.1, 0.15) is 0 Å². The highest BCUT2D eigenvalue weighted by Crippen LogP contribution is 1.96. The van der Waals surface area contributed by atoms with Gasteiger partial charge in [0.1, 0.15) is 0 Å². The van der Waals surface area contributed by atoms with E-state index in [1.165, 1.54) is 0 Å². The lowest BCUT2D eigenvalue weighted by Gasteiger charge is -1.58. The van der Waals surface area contributed by atoms with E-state index in [4.69, 9.17) is 0 Å². The Morgan fingerprint density at radius 2 is 2.00 bits per heavy atom. The zero-order chi connectivity index (χ0) is 3.58. The molecule has 0 bridgehead atoms. The lowest BCUT2D eigenvalue weighted by molar-refractivity contribution is 4.36. The van der Waals surface area contributed by atoms with Crippen LogP contribution in [0.3, 0.4) is 0 Å². The van der Waals surface area contributed by atoms with Crippen molar-refractivity contribution in [2.75, 3.05) is 0 Å². The molecule has 0 aromatic rings. The van der Waals surface area contributed by atoms with Gasteiger partial charge in [-0.3, -0.25) is 0 Å². The molecule has 24 valence electrons. The Morgan fingerprint density at radius 1 is 2.00 bits per heavy atom. The topological polar surface area (TPSA) is 0 Å². The molecule has 0 heterocycles. The van der Waals surface area contributed by atoms with E-state index in [2.05, 4.69) is 21.5 Å². The molecule has 1 unspecified atom stereocenters. The number of hydrogen-bond donors (Lipinski definition) is 0. The third kappa shape index (κ3) is 10.5. The normalized spacial score (nSPS) is 6.50. The van der Waals surface area contributed by atoms with Crippen LogP contribution in [0.25, 0.3) is 0 Å². The largest absolute Gasteiger partial charge is 0.0868 e. The molecule has 0 rings (SSSR count). The molecule has 0 nitrogen and oxygen atoms in total. The van der Waals surface area contributed by atoms with Crippen molar-refractivity contribution in [3.8, 4) is 0 Å². The maximum Gasteiger partial charge on any atom is 0.0700 e. The second kappa shape index (κ2) is 2.49. The molecule has 0 saturated heterocycles. The molecule has 0 radical (unpaired) electrons. The molecule has 1 atom stereocenters. The number of halogens is 1. The van der Waals surface area contributed by atoms with Gasteiger partial charge in [0.15, 0.2) is 0 Å². The lowest BCUT2D eigenvalue weighted by Crippen LogP contribution is -1.40.